The summed E-state index contributed by atoms with van der Waals surface area (Å²) >= 11 is 0. The second-order valence-corrected chi connectivity index (χ2v) is 6.65. The molecule has 1 aliphatic rings. The highest BCUT2D eigenvalue weighted by Crippen LogP contribution is 2.24. The van der Waals surface area contributed by atoms with E-state index in [1.165, 1.54) is 0 Å². The molecule has 4 rings (SSSR count). The summed E-state index contributed by atoms with van der Waals surface area (Å²) < 4.78 is 13.1. The molecule has 0 fully saturated rings. The average Bonchev–Trinajstić information content (AvgIpc) is 3.37. The van der Waals surface area contributed by atoms with Gasteiger partial charge in [0.2, 0.25) is 5.91 Å². The molecule has 1 amide bonds. The van der Waals surface area contributed by atoms with Crippen molar-refractivity contribution in [3.63, 3.8) is 0 Å². The summed E-state index contributed by atoms with van der Waals surface area (Å²) in [7, 11) is 0. The Morgan fingerprint density at radius 1 is 1.26 bits per heavy atom. The zero-order valence-electron chi connectivity index (χ0n) is 15.0. The van der Waals surface area contributed by atoms with Crippen molar-refractivity contribution in [2.24, 2.45) is 0 Å². The van der Waals surface area contributed by atoms with Gasteiger partial charge in [-0.3, -0.25) is 14.5 Å². The van der Waals surface area contributed by atoms with Crippen LogP contribution in [-0.4, -0.2) is 38.7 Å². The number of aromatic nitrogens is 3. The lowest BCUT2D eigenvalue weighted by Crippen LogP contribution is -2.42. The monoisotopic (exact) mass is 366 g/mol. The van der Waals surface area contributed by atoms with Crippen molar-refractivity contribution < 1.29 is 13.9 Å². The number of carbonyl (C=O) groups is 1. The standard InChI is InChI=1S/C20H22N4O3/c25-20(11-19-4-2-9-27-19)23-13-17-5-8-22-24(17)18(14-23)6-10-26-15-16-3-1-7-21-12-16/h1-5,7-9,12,18H,6,10-11,13-15H2/t18-/m0/s1. The van der Waals surface area contributed by atoms with Gasteiger partial charge in [-0.15, -0.1) is 0 Å². The van der Waals surface area contributed by atoms with Gasteiger partial charge in [0.25, 0.3) is 0 Å². The summed E-state index contributed by atoms with van der Waals surface area (Å²) in [6, 6.07) is 9.60. The van der Waals surface area contributed by atoms with E-state index >= 15 is 0 Å². The van der Waals surface area contributed by atoms with Crippen molar-refractivity contribution in [2.75, 3.05) is 13.2 Å². The van der Waals surface area contributed by atoms with Gasteiger partial charge >= 0.3 is 0 Å². The lowest BCUT2D eigenvalue weighted by atomic mass is 10.1. The third kappa shape index (κ3) is 4.25. The largest absolute Gasteiger partial charge is 0.469 e. The van der Waals surface area contributed by atoms with Crippen LogP contribution in [0.3, 0.4) is 0 Å². The van der Waals surface area contributed by atoms with E-state index in [1.807, 2.05) is 33.8 Å². The second-order valence-electron chi connectivity index (χ2n) is 6.65. The molecule has 1 aliphatic heterocycles. The maximum absolute atomic E-state index is 12.7. The SMILES string of the molecule is O=C(Cc1ccco1)N1Cc2ccnn2[C@@H](CCOCc2cccnc2)C1. The van der Waals surface area contributed by atoms with Crippen molar-refractivity contribution >= 4 is 5.91 Å². The molecular formula is C20H22N4O3. The van der Waals surface area contributed by atoms with E-state index in [0.717, 1.165) is 17.7 Å². The number of carbonyl (C=O) groups excluding carboxylic acids is 1. The number of pyridine rings is 1. The molecule has 0 saturated carbocycles. The predicted molar refractivity (Wildman–Crippen MR) is 97.6 cm³/mol. The fourth-order valence-corrected chi connectivity index (χ4v) is 3.36. The van der Waals surface area contributed by atoms with E-state index in [4.69, 9.17) is 9.15 Å². The molecule has 0 radical (unpaired) electrons. The minimum Gasteiger partial charge on any atom is -0.469 e. The smallest absolute Gasteiger partial charge is 0.230 e. The van der Waals surface area contributed by atoms with E-state index in [0.29, 0.717) is 32.1 Å². The lowest BCUT2D eigenvalue weighted by Gasteiger charge is -2.34. The van der Waals surface area contributed by atoms with Crippen LogP contribution in [0.25, 0.3) is 0 Å². The van der Waals surface area contributed by atoms with Crippen molar-refractivity contribution in [3.8, 4) is 0 Å². The highest BCUT2D eigenvalue weighted by Gasteiger charge is 2.28. The van der Waals surface area contributed by atoms with Crippen LogP contribution >= 0.6 is 0 Å². The molecule has 0 N–H and O–H groups in total. The van der Waals surface area contributed by atoms with Crippen LogP contribution in [0.2, 0.25) is 0 Å². The number of furan rings is 1. The van der Waals surface area contributed by atoms with Crippen LogP contribution in [0.5, 0.6) is 0 Å². The van der Waals surface area contributed by atoms with Gasteiger partial charge in [-0.2, -0.15) is 5.10 Å². The van der Waals surface area contributed by atoms with Gasteiger partial charge in [0.05, 0.1) is 37.6 Å². The molecular weight excluding hydrogens is 344 g/mol. The molecule has 1 atom stereocenters. The minimum atomic E-state index is 0.0682. The minimum absolute atomic E-state index is 0.0682. The number of ether oxygens (including phenoxy) is 1. The Balaban J connectivity index is 1.34. The fraction of sp³-hybridized carbons (Fsp3) is 0.350. The Kier molecular flexibility index (Phi) is 5.29. The second kappa shape index (κ2) is 8.18. The van der Waals surface area contributed by atoms with Crippen LogP contribution in [0.1, 0.15) is 29.5 Å². The quantitative estimate of drug-likeness (QED) is 0.601. The van der Waals surface area contributed by atoms with E-state index in [9.17, 15) is 4.79 Å². The van der Waals surface area contributed by atoms with Gasteiger partial charge in [0.1, 0.15) is 5.76 Å². The van der Waals surface area contributed by atoms with Crippen LogP contribution in [-0.2, 0) is 29.1 Å². The lowest BCUT2D eigenvalue weighted by molar-refractivity contribution is -0.133. The first-order valence-electron chi connectivity index (χ1n) is 9.09. The zero-order valence-corrected chi connectivity index (χ0v) is 15.0. The molecule has 0 aliphatic carbocycles. The molecule has 0 unspecified atom stereocenters. The summed E-state index contributed by atoms with van der Waals surface area (Å²) in [4.78, 5) is 18.6. The van der Waals surface area contributed by atoms with E-state index in [-0.39, 0.29) is 18.4 Å². The molecule has 0 bridgehead atoms. The summed E-state index contributed by atoms with van der Waals surface area (Å²) in [5.74, 6) is 0.758. The van der Waals surface area contributed by atoms with Gasteiger partial charge < -0.3 is 14.1 Å². The maximum Gasteiger partial charge on any atom is 0.230 e. The summed E-state index contributed by atoms with van der Waals surface area (Å²) in [6.45, 7) is 2.34. The molecule has 27 heavy (non-hydrogen) atoms. The first kappa shape index (κ1) is 17.5. The molecule has 7 nitrogen and oxygen atoms in total. The Hall–Kier alpha value is -2.93. The predicted octanol–water partition coefficient (Wildman–Crippen LogP) is 2.60. The van der Waals surface area contributed by atoms with Crippen molar-refractivity contribution in [2.45, 2.75) is 32.0 Å². The summed E-state index contributed by atoms with van der Waals surface area (Å²) in [5.41, 5.74) is 2.10. The molecule has 0 aromatic carbocycles. The highest BCUT2D eigenvalue weighted by molar-refractivity contribution is 5.78. The number of fused-ring (bicyclic) bond motifs is 1. The highest BCUT2D eigenvalue weighted by atomic mass is 16.5. The Bertz CT molecular complexity index is 861. The zero-order chi connectivity index (χ0) is 18.5. The maximum atomic E-state index is 12.7. The molecule has 7 heteroatoms. The Labute approximate surface area is 157 Å². The van der Waals surface area contributed by atoms with Gasteiger partial charge in [-0.25, -0.2) is 0 Å². The van der Waals surface area contributed by atoms with Gasteiger partial charge in [0, 0.05) is 31.7 Å². The number of hydrogen-bond acceptors (Lipinski definition) is 5. The van der Waals surface area contributed by atoms with Crippen molar-refractivity contribution in [1.29, 1.82) is 0 Å². The van der Waals surface area contributed by atoms with Crippen LogP contribution < -0.4 is 0 Å². The summed E-state index contributed by atoms with van der Waals surface area (Å²) in [5, 5.41) is 4.44. The first-order valence-corrected chi connectivity index (χ1v) is 9.09. The van der Waals surface area contributed by atoms with E-state index in [1.54, 1.807) is 30.9 Å². The van der Waals surface area contributed by atoms with E-state index in [2.05, 4.69) is 10.1 Å². The van der Waals surface area contributed by atoms with Crippen LogP contribution in [0, 0.1) is 0 Å². The van der Waals surface area contributed by atoms with Gasteiger partial charge in [0.15, 0.2) is 0 Å². The first-order chi connectivity index (χ1) is 13.3. The van der Waals surface area contributed by atoms with Gasteiger partial charge in [-0.1, -0.05) is 6.07 Å². The Morgan fingerprint density at radius 3 is 3.04 bits per heavy atom. The molecule has 0 spiro atoms. The van der Waals surface area contributed by atoms with Gasteiger partial charge in [-0.05, 0) is 36.2 Å². The number of hydrogen-bond donors (Lipinski definition) is 0. The molecule has 3 aromatic rings. The third-order valence-corrected chi connectivity index (χ3v) is 4.73. The molecule has 3 aromatic heterocycles. The number of nitrogens with zero attached hydrogens (tertiary/aromatic N) is 4. The fourth-order valence-electron chi connectivity index (χ4n) is 3.36. The van der Waals surface area contributed by atoms with E-state index < -0.39 is 0 Å². The topological polar surface area (TPSA) is 73.4 Å². The van der Waals surface area contributed by atoms with Crippen LogP contribution in [0.15, 0.2) is 59.6 Å². The normalized spacial score (nSPS) is 16.3. The molecule has 0 saturated heterocycles. The average molecular weight is 366 g/mol. The molecule has 4 heterocycles. The van der Waals surface area contributed by atoms with Crippen molar-refractivity contribution in [3.05, 3.63) is 72.2 Å². The molecule has 140 valence electrons. The Morgan fingerprint density at radius 2 is 2.22 bits per heavy atom. The number of amides is 1. The van der Waals surface area contributed by atoms with Crippen molar-refractivity contribution in [1.82, 2.24) is 19.7 Å². The number of rotatable bonds is 7. The van der Waals surface area contributed by atoms with Crippen LogP contribution in [0.4, 0.5) is 0 Å². The summed E-state index contributed by atoms with van der Waals surface area (Å²) in [6.07, 6.45) is 8.01. The third-order valence-electron chi connectivity index (χ3n) is 4.73.